The van der Waals surface area contributed by atoms with Crippen LogP contribution in [-0.2, 0) is 0 Å². The number of anilines is 3. The van der Waals surface area contributed by atoms with Crippen LogP contribution in [0.4, 0.5) is 17.1 Å². The first-order valence-corrected chi connectivity index (χ1v) is 17.4. The van der Waals surface area contributed by atoms with Gasteiger partial charge in [0.2, 0.25) is 0 Å². The van der Waals surface area contributed by atoms with Gasteiger partial charge < -0.3 is 9.32 Å². The lowest BCUT2D eigenvalue weighted by Crippen LogP contribution is -2.10. The Balaban J connectivity index is 1.24. The third-order valence-corrected chi connectivity index (χ3v) is 10.8. The number of nitrogens with zero attached hydrogens (tertiary/aromatic N) is 1. The largest absolute Gasteiger partial charge is 0.456 e. The Kier molecular flexibility index (Phi) is 6.39. The number of hydrogen-bond acceptors (Lipinski definition) is 3. The maximum absolute atomic E-state index is 6.41. The zero-order chi connectivity index (χ0) is 32.3. The molecule has 8 aromatic carbocycles. The maximum atomic E-state index is 6.41. The molecular formula is C46H29NOS. The van der Waals surface area contributed by atoms with Gasteiger partial charge >= 0.3 is 0 Å². The van der Waals surface area contributed by atoms with Crippen molar-refractivity contribution in [3.05, 3.63) is 176 Å². The van der Waals surface area contributed by atoms with Crippen LogP contribution in [0.5, 0.6) is 0 Å². The van der Waals surface area contributed by atoms with Gasteiger partial charge in [-0.1, -0.05) is 115 Å². The van der Waals surface area contributed by atoms with Crippen LogP contribution in [0.1, 0.15) is 0 Å². The summed E-state index contributed by atoms with van der Waals surface area (Å²) in [5.41, 5.74) is 9.79. The number of rotatable bonds is 5. The van der Waals surface area contributed by atoms with Crippen LogP contribution in [0.15, 0.2) is 180 Å². The quantitative estimate of drug-likeness (QED) is 0.186. The molecule has 0 spiro atoms. The Morgan fingerprint density at radius 1 is 0.408 bits per heavy atom. The van der Waals surface area contributed by atoms with Crippen molar-refractivity contribution >= 4 is 81.3 Å². The topological polar surface area (TPSA) is 16.4 Å². The SMILES string of the molecule is c1ccc(-c2ccc(N(c3ccc4cc5c(cc4c3)sc3ccccc35)c3cccc4oc5ccccc5c34)cc2-c2ccccc2)cc1. The van der Waals surface area contributed by atoms with Crippen LogP contribution in [0.2, 0.25) is 0 Å². The van der Waals surface area contributed by atoms with Gasteiger partial charge in [-0.15, -0.1) is 11.3 Å². The van der Waals surface area contributed by atoms with E-state index in [-0.39, 0.29) is 0 Å². The fourth-order valence-electron chi connectivity index (χ4n) is 7.36. The third-order valence-electron chi connectivity index (χ3n) is 9.63. The summed E-state index contributed by atoms with van der Waals surface area (Å²) in [5.74, 6) is 0. The number of furan rings is 1. The zero-order valence-corrected chi connectivity index (χ0v) is 27.3. The maximum Gasteiger partial charge on any atom is 0.137 e. The van der Waals surface area contributed by atoms with Crippen molar-refractivity contribution in [2.45, 2.75) is 0 Å². The second kappa shape index (κ2) is 11.2. The highest BCUT2D eigenvalue weighted by atomic mass is 32.1. The minimum absolute atomic E-state index is 0.876. The molecule has 0 atom stereocenters. The monoisotopic (exact) mass is 643 g/mol. The lowest BCUT2D eigenvalue weighted by molar-refractivity contribution is 0.669. The molecule has 10 rings (SSSR count). The van der Waals surface area contributed by atoms with E-state index in [2.05, 4.69) is 175 Å². The van der Waals surface area contributed by atoms with E-state index in [1.807, 2.05) is 17.4 Å². The van der Waals surface area contributed by atoms with Crippen molar-refractivity contribution in [2.24, 2.45) is 0 Å². The molecule has 3 heteroatoms. The smallest absolute Gasteiger partial charge is 0.137 e. The summed E-state index contributed by atoms with van der Waals surface area (Å²) in [6.45, 7) is 0. The molecule has 2 nitrogen and oxygen atoms in total. The predicted octanol–water partition coefficient (Wildman–Crippen LogP) is 13.9. The van der Waals surface area contributed by atoms with E-state index < -0.39 is 0 Å². The van der Waals surface area contributed by atoms with Gasteiger partial charge in [0.05, 0.1) is 11.1 Å². The summed E-state index contributed by atoms with van der Waals surface area (Å²) in [7, 11) is 0. The number of fused-ring (bicyclic) bond motifs is 7. The second-order valence-electron chi connectivity index (χ2n) is 12.5. The molecule has 0 aliphatic rings. The molecule has 0 saturated heterocycles. The van der Waals surface area contributed by atoms with Crippen LogP contribution >= 0.6 is 11.3 Å². The van der Waals surface area contributed by atoms with E-state index >= 15 is 0 Å². The van der Waals surface area contributed by atoms with Crippen LogP contribution in [-0.4, -0.2) is 0 Å². The van der Waals surface area contributed by atoms with Crippen molar-refractivity contribution in [1.82, 2.24) is 0 Å². The average molecular weight is 644 g/mol. The van der Waals surface area contributed by atoms with Crippen molar-refractivity contribution in [3.8, 4) is 22.3 Å². The van der Waals surface area contributed by atoms with Crippen LogP contribution in [0, 0.1) is 0 Å². The van der Waals surface area contributed by atoms with Gasteiger partial charge in [-0.3, -0.25) is 0 Å². The average Bonchev–Trinajstić information content (AvgIpc) is 3.73. The summed E-state index contributed by atoms with van der Waals surface area (Å²) < 4.78 is 9.03. The Morgan fingerprint density at radius 3 is 1.92 bits per heavy atom. The molecule has 0 amide bonds. The van der Waals surface area contributed by atoms with E-state index in [1.165, 1.54) is 53.2 Å². The second-order valence-corrected chi connectivity index (χ2v) is 13.6. The highest BCUT2D eigenvalue weighted by Crippen LogP contribution is 2.46. The molecule has 0 fully saturated rings. The number of benzene rings is 8. The molecule has 10 aromatic rings. The summed E-state index contributed by atoms with van der Waals surface area (Å²) in [6, 6.07) is 63.3. The first-order chi connectivity index (χ1) is 24.3. The molecule has 0 bridgehead atoms. The predicted molar refractivity (Wildman–Crippen MR) is 210 cm³/mol. The van der Waals surface area contributed by atoms with Gasteiger partial charge in [0.25, 0.3) is 0 Å². The Morgan fingerprint density at radius 2 is 1.08 bits per heavy atom. The van der Waals surface area contributed by atoms with Crippen molar-refractivity contribution in [3.63, 3.8) is 0 Å². The molecular weight excluding hydrogens is 615 g/mol. The van der Waals surface area contributed by atoms with Gasteiger partial charge in [0, 0.05) is 36.9 Å². The molecule has 230 valence electrons. The van der Waals surface area contributed by atoms with Crippen molar-refractivity contribution in [2.75, 3.05) is 4.90 Å². The molecule has 0 aliphatic heterocycles. The number of hydrogen-bond donors (Lipinski definition) is 0. The van der Waals surface area contributed by atoms with E-state index in [0.717, 1.165) is 39.0 Å². The van der Waals surface area contributed by atoms with Crippen LogP contribution in [0.25, 0.3) is 75.1 Å². The van der Waals surface area contributed by atoms with E-state index in [1.54, 1.807) is 0 Å². The first-order valence-electron chi connectivity index (χ1n) is 16.6. The molecule has 49 heavy (non-hydrogen) atoms. The lowest BCUT2D eigenvalue weighted by Gasteiger charge is -2.28. The van der Waals surface area contributed by atoms with E-state index in [9.17, 15) is 0 Å². The Hall–Kier alpha value is -6.16. The van der Waals surface area contributed by atoms with E-state index in [0.29, 0.717) is 0 Å². The molecule has 2 heterocycles. The zero-order valence-electron chi connectivity index (χ0n) is 26.5. The number of para-hydroxylation sites is 1. The molecule has 0 radical (unpaired) electrons. The molecule has 0 unspecified atom stereocenters. The highest BCUT2D eigenvalue weighted by molar-refractivity contribution is 7.25. The minimum Gasteiger partial charge on any atom is -0.456 e. The molecule has 2 aromatic heterocycles. The van der Waals surface area contributed by atoms with Gasteiger partial charge in [0.15, 0.2) is 0 Å². The third kappa shape index (κ3) is 4.62. The van der Waals surface area contributed by atoms with Crippen LogP contribution in [0.3, 0.4) is 0 Å². The van der Waals surface area contributed by atoms with Crippen LogP contribution < -0.4 is 4.90 Å². The molecule has 0 aliphatic carbocycles. The molecule has 0 saturated carbocycles. The Bertz CT molecular complexity index is 2830. The van der Waals surface area contributed by atoms with Gasteiger partial charge in [-0.05, 0) is 93.7 Å². The Labute approximate surface area is 287 Å². The standard InChI is InChI=1S/C46H29NOS/c1-3-12-30(13-4-1)36-25-24-35(29-39(36)31-14-5-2-6-15-31)47(41-18-11-20-43-46(41)38-17-7-9-19-42(38)48-43)34-23-22-32-27-40-37-16-8-10-21-44(37)49-45(40)28-33(32)26-34/h1-29H. The fraction of sp³-hybridized carbons (Fsp3) is 0. The van der Waals surface area contributed by atoms with Gasteiger partial charge in [-0.2, -0.15) is 0 Å². The highest BCUT2D eigenvalue weighted by Gasteiger charge is 2.21. The van der Waals surface area contributed by atoms with Gasteiger partial charge in [0.1, 0.15) is 11.2 Å². The first kappa shape index (κ1) is 27.9. The fourth-order valence-corrected chi connectivity index (χ4v) is 8.50. The van der Waals surface area contributed by atoms with Crippen molar-refractivity contribution < 1.29 is 4.42 Å². The van der Waals surface area contributed by atoms with Crippen molar-refractivity contribution in [1.29, 1.82) is 0 Å². The summed E-state index contributed by atoms with van der Waals surface area (Å²) in [4.78, 5) is 2.40. The molecule has 0 N–H and O–H groups in total. The summed E-state index contributed by atoms with van der Waals surface area (Å²) in [5, 5.41) is 7.30. The van der Waals surface area contributed by atoms with E-state index in [4.69, 9.17) is 4.42 Å². The van der Waals surface area contributed by atoms with Gasteiger partial charge in [-0.25, -0.2) is 0 Å². The number of thiophene rings is 1. The normalized spacial score (nSPS) is 11.7. The lowest BCUT2D eigenvalue weighted by atomic mass is 9.93. The summed E-state index contributed by atoms with van der Waals surface area (Å²) >= 11 is 1.86. The summed E-state index contributed by atoms with van der Waals surface area (Å²) in [6.07, 6.45) is 0. The minimum atomic E-state index is 0.876.